The van der Waals surface area contributed by atoms with E-state index in [9.17, 15) is 14.4 Å². The molecule has 0 atom stereocenters. The quantitative estimate of drug-likeness (QED) is 0.790. The minimum Gasteiger partial charge on any atom is -0.465 e. The molecular formula is C16H17NO5. The molecule has 0 saturated carbocycles. The molecule has 0 aliphatic heterocycles. The topological polar surface area (TPSA) is 74.6 Å². The number of fused-ring (bicyclic) bond motifs is 1. The Hall–Kier alpha value is -2.63. The van der Waals surface area contributed by atoms with Gasteiger partial charge in [0.1, 0.15) is 11.1 Å². The van der Waals surface area contributed by atoms with Crippen LogP contribution in [0, 0.1) is 13.8 Å². The van der Waals surface area contributed by atoms with Crippen LogP contribution < -0.4 is 5.43 Å². The third-order valence-corrected chi connectivity index (χ3v) is 3.95. The Bertz CT molecular complexity index is 782. The molecule has 6 heteroatoms. The van der Waals surface area contributed by atoms with E-state index < -0.39 is 17.4 Å². The molecule has 0 aliphatic carbocycles. The van der Waals surface area contributed by atoms with Crippen LogP contribution in [0.25, 0.3) is 10.8 Å². The van der Waals surface area contributed by atoms with E-state index in [4.69, 9.17) is 0 Å². The van der Waals surface area contributed by atoms with Gasteiger partial charge in [-0.2, -0.15) is 0 Å². The average Bonchev–Trinajstić information content (AvgIpc) is 2.66. The number of carbonyl (C=O) groups is 2. The molecule has 116 valence electrons. The third-order valence-electron chi connectivity index (χ3n) is 3.95. The number of methoxy groups -OCH3 is 2. The predicted octanol–water partition coefficient (Wildman–Crippen LogP) is 1.73. The number of ether oxygens (including phenoxy) is 2. The van der Waals surface area contributed by atoms with Crippen LogP contribution in [0.2, 0.25) is 0 Å². The lowest BCUT2D eigenvalue weighted by molar-refractivity contribution is 0.0597. The van der Waals surface area contributed by atoms with E-state index in [1.807, 2.05) is 25.5 Å². The molecule has 1 heterocycles. The second-order valence-electron chi connectivity index (χ2n) is 4.99. The molecule has 0 bridgehead atoms. The van der Waals surface area contributed by atoms with Crippen molar-refractivity contribution in [2.24, 2.45) is 7.05 Å². The SMILES string of the molecule is COC(=O)c1cc2c(C)n(C)c(C)c2cc(C(=O)OC)c1=O. The van der Waals surface area contributed by atoms with Crippen LogP contribution >= 0.6 is 0 Å². The minimum atomic E-state index is -0.784. The van der Waals surface area contributed by atoms with Crippen LogP contribution in [0.5, 0.6) is 0 Å². The first-order valence-electron chi connectivity index (χ1n) is 6.64. The van der Waals surface area contributed by atoms with Crippen molar-refractivity contribution in [3.63, 3.8) is 0 Å². The van der Waals surface area contributed by atoms with Gasteiger partial charge in [0, 0.05) is 29.2 Å². The predicted molar refractivity (Wildman–Crippen MR) is 81.3 cm³/mol. The summed E-state index contributed by atoms with van der Waals surface area (Å²) >= 11 is 0. The van der Waals surface area contributed by atoms with Gasteiger partial charge >= 0.3 is 11.9 Å². The molecule has 2 rings (SSSR count). The Morgan fingerprint density at radius 3 is 1.59 bits per heavy atom. The van der Waals surface area contributed by atoms with Gasteiger partial charge in [-0.3, -0.25) is 4.79 Å². The number of aryl methyl sites for hydroxylation is 2. The van der Waals surface area contributed by atoms with Crippen LogP contribution in [0.4, 0.5) is 0 Å². The van der Waals surface area contributed by atoms with Gasteiger partial charge in [-0.05, 0) is 26.0 Å². The molecule has 6 nitrogen and oxygen atoms in total. The van der Waals surface area contributed by atoms with Crippen LogP contribution in [0.15, 0.2) is 16.9 Å². The fourth-order valence-corrected chi connectivity index (χ4v) is 2.46. The van der Waals surface area contributed by atoms with E-state index in [0.717, 1.165) is 11.4 Å². The molecule has 0 spiro atoms. The van der Waals surface area contributed by atoms with Gasteiger partial charge in [0.25, 0.3) is 0 Å². The first-order valence-corrected chi connectivity index (χ1v) is 6.64. The fraction of sp³-hybridized carbons (Fsp3) is 0.312. The fourth-order valence-electron chi connectivity index (χ4n) is 2.46. The highest BCUT2D eigenvalue weighted by Gasteiger charge is 2.21. The number of aromatic nitrogens is 1. The lowest BCUT2D eigenvalue weighted by atomic mass is 10.2. The van der Waals surface area contributed by atoms with Gasteiger partial charge in [0.15, 0.2) is 0 Å². The summed E-state index contributed by atoms with van der Waals surface area (Å²) in [6.45, 7) is 3.75. The number of hydrogen-bond acceptors (Lipinski definition) is 5. The van der Waals surface area contributed by atoms with Crippen molar-refractivity contribution in [3.8, 4) is 0 Å². The Balaban J connectivity index is 3.06. The lowest BCUT2D eigenvalue weighted by Gasteiger charge is -2.00. The number of nitrogens with zero attached hydrogens (tertiary/aromatic N) is 1. The van der Waals surface area contributed by atoms with Crippen molar-refractivity contribution in [1.29, 1.82) is 0 Å². The molecule has 1 aromatic heterocycles. The first-order chi connectivity index (χ1) is 10.3. The number of hydrogen-bond donors (Lipinski definition) is 0. The van der Waals surface area contributed by atoms with E-state index in [1.54, 1.807) is 0 Å². The van der Waals surface area contributed by atoms with Crippen molar-refractivity contribution < 1.29 is 19.1 Å². The third kappa shape index (κ3) is 2.26. The van der Waals surface area contributed by atoms with Crippen molar-refractivity contribution in [1.82, 2.24) is 4.57 Å². The van der Waals surface area contributed by atoms with Crippen molar-refractivity contribution in [2.45, 2.75) is 13.8 Å². The second kappa shape index (κ2) is 5.63. The van der Waals surface area contributed by atoms with E-state index in [2.05, 4.69) is 9.47 Å². The zero-order chi connectivity index (χ0) is 16.6. The Morgan fingerprint density at radius 2 is 1.27 bits per heavy atom. The molecule has 0 saturated heterocycles. The maximum absolute atomic E-state index is 12.5. The summed E-state index contributed by atoms with van der Waals surface area (Å²) in [5.41, 5.74) is 0.683. The Kier molecular flexibility index (Phi) is 4.03. The van der Waals surface area contributed by atoms with Crippen LogP contribution in [0.1, 0.15) is 32.1 Å². The standard InChI is InChI=1S/C16H17NO5/c1-8-10-6-12(15(19)21-4)14(18)13(16(20)22-5)7-11(10)9(2)17(8)3/h6-7H,1-5H3. The number of rotatable bonds is 2. The average molecular weight is 303 g/mol. The van der Waals surface area contributed by atoms with Gasteiger partial charge in [0.2, 0.25) is 5.43 Å². The van der Waals surface area contributed by atoms with Crippen LogP contribution in [-0.4, -0.2) is 30.7 Å². The summed E-state index contributed by atoms with van der Waals surface area (Å²) in [6, 6.07) is 2.94. The van der Waals surface area contributed by atoms with Gasteiger partial charge in [-0.25, -0.2) is 9.59 Å². The highest BCUT2D eigenvalue weighted by Crippen LogP contribution is 2.25. The summed E-state index contributed by atoms with van der Waals surface area (Å²) in [4.78, 5) is 36.3. The summed E-state index contributed by atoms with van der Waals surface area (Å²) in [6.07, 6.45) is 0. The van der Waals surface area contributed by atoms with Gasteiger partial charge < -0.3 is 14.0 Å². The molecule has 0 aliphatic rings. The zero-order valence-electron chi connectivity index (χ0n) is 13.1. The first kappa shape index (κ1) is 15.8. The Morgan fingerprint density at radius 1 is 0.909 bits per heavy atom. The van der Waals surface area contributed by atoms with Gasteiger partial charge in [0.05, 0.1) is 14.2 Å². The molecule has 0 radical (unpaired) electrons. The normalized spacial score (nSPS) is 10.6. The van der Waals surface area contributed by atoms with E-state index >= 15 is 0 Å². The van der Waals surface area contributed by atoms with Crippen molar-refractivity contribution >= 4 is 22.7 Å². The maximum atomic E-state index is 12.5. The minimum absolute atomic E-state index is 0.188. The smallest absolute Gasteiger partial charge is 0.341 e. The summed E-state index contributed by atoms with van der Waals surface area (Å²) in [5, 5.41) is 1.43. The van der Waals surface area contributed by atoms with E-state index in [-0.39, 0.29) is 11.1 Å². The molecule has 2 aromatic rings. The van der Waals surface area contributed by atoms with E-state index in [1.165, 1.54) is 26.4 Å². The number of carbonyl (C=O) groups excluding carboxylic acids is 2. The summed E-state index contributed by atoms with van der Waals surface area (Å²) < 4.78 is 11.2. The molecule has 0 N–H and O–H groups in total. The molecule has 0 unspecified atom stereocenters. The van der Waals surface area contributed by atoms with Gasteiger partial charge in [-0.1, -0.05) is 0 Å². The van der Waals surface area contributed by atoms with E-state index in [0.29, 0.717) is 10.8 Å². The maximum Gasteiger partial charge on any atom is 0.341 e. The molecule has 0 fully saturated rings. The summed E-state index contributed by atoms with van der Waals surface area (Å²) in [7, 11) is 4.25. The Labute approximate surface area is 127 Å². The summed E-state index contributed by atoms with van der Waals surface area (Å²) in [5.74, 6) is -1.57. The molecular weight excluding hydrogens is 286 g/mol. The number of esters is 2. The highest BCUT2D eigenvalue weighted by atomic mass is 16.5. The largest absolute Gasteiger partial charge is 0.465 e. The van der Waals surface area contributed by atoms with Crippen LogP contribution in [-0.2, 0) is 16.5 Å². The second-order valence-corrected chi connectivity index (χ2v) is 4.99. The van der Waals surface area contributed by atoms with Gasteiger partial charge in [-0.15, -0.1) is 0 Å². The van der Waals surface area contributed by atoms with Crippen LogP contribution in [0.3, 0.4) is 0 Å². The van der Waals surface area contributed by atoms with Crippen molar-refractivity contribution in [3.05, 3.63) is 44.9 Å². The molecule has 0 amide bonds. The van der Waals surface area contributed by atoms with Crippen molar-refractivity contribution in [2.75, 3.05) is 14.2 Å². The molecule has 1 aromatic carbocycles. The highest BCUT2D eigenvalue weighted by molar-refractivity contribution is 6.01. The lowest BCUT2D eigenvalue weighted by Crippen LogP contribution is -2.21. The monoisotopic (exact) mass is 303 g/mol. The zero-order valence-corrected chi connectivity index (χ0v) is 13.1. The molecule has 22 heavy (non-hydrogen) atoms.